The minimum atomic E-state index is -0.203. The number of hydrogen-bond donors (Lipinski definition) is 1. The molecule has 1 N–H and O–H groups in total. The summed E-state index contributed by atoms with van der Waals surface area (Å²) in [5.41, 5.74) is 2.02. The first kappa shape index (κ1) is 19.6. The van der Waals surface area contributed by atoms with Gasteiger partial charge in [0.2, 0.25) is 5.91 Å². The summed E-state index contributed by atoms with van der Waals surface area (Å²) in [6.45, 7) is 0.353. The first-order chi connectivity index (χ1) is 13.5. The summed E-state index contributed by atoms with van der Waals surface area (Å²) in [5, 5.41) is 7.85. The molecule has 0 saturated carbocycles. The van der Waals surface area contributed by atoms with Crippen molar-refractivity contribution in [2.24, 2.45) is 0 Å². The van der Waals surface area contributed by atoms with Crippen LogP contribution < -0.4 is 15.6 Å². The van der Waals surface area contributed by atoms with Crippen molar-refractivity contribution in [2.45, 2.75) is 19.4 Å². The highest BCUT2D eigenvalue weighted by Gasteiger charge is 2.07. The smallest absolute Gasteiger partial charge is 0.266 e. The molecule has 3 aromatic rings. The van der Waals surface area contributed by atoms with Gasteiger partial charge in [-0.2, -0.15) is 5.10 Å². The summed E-state index contributed by atoms with van der Waals surface area (Å²) in [6, 6.07) is 17.6. The lowest BCUT2D eigenvalue weighted by atomic mass is 10.1. The molecule has 0 aliphatic carbocycles. The van der Waals surface area contributed by atoms with Crippen molar-refractivity contribution in [2.75, 3.05) is 12.4 Å². The second-order valence-corrected chi connectivity index (χ2v) is 6.61. The van der Waals surface area contributed by atoms with E-state index in [0.717, 1.165) is 5.56 Å². The lowest BCUT2D eigenvalue weighted by molar-refractivity contribution is -0.116. The number of rotatable bonds is 7. The average Bonchev–Trinajstić information content (AvgIpc) is 2.70. The van der Waals surface area contributed by atoms with Crippen molar-refractivity contribution in [3.8, 4) is 17.0 Å². The van der Waals surface area contributed by atoms with Gasteiger partial charge >= 0.3 is 0 Å². The van der Waals surface area contributed by atoms with Gasteiger partial charge in [0.05, 0.1) is 12.8 Å². The molecule has 0 aliphatic heterocycles. The van der Waals surface area contributed by atoms with Crippen molar-refractivity contribution in [3.63, 3.8) is 0 Å². The molecule has 0 aliphatic rings. The Kier molecular flexibility index (Phi) is 6.45. The zero-order chi connectivity index (χ0) is 19.9. The number of nitrogens with one attached hydrogen (secondary N) is 1. The monoisotopic (exact) mass is 397 g/mol. The Morgan fingerprint density at radius 1 is 1.14 bits per heavy atom. The second kappa shape index (κ2) is 9.19. The number of nitrogens with zero attached hydrogens (tertiary/aromatic N) is 2. The molecule has 7 heteroatoms. The first-order valence-electron chi connectivity index (χ1n) is 8.83. The fourth-order valence-corrected chi connectivity index (χ4v) is 2.82. The van der Waals surface area contributed by atoms with E-state index in [4.69, 9.17) is 16.3 Å². The highest BCUT2D eigenvalue weighted by Crippen LogP contribution is 2.19. The van der Waals surface area contributed by atoms with Crippen LogP contribution in [0, 0.1) is 0 Å². The number of carbonyl (C=O) groups is 1. The van der Waals surface area contributed by atoms with Gasteiger partial charge in [-0.15, -0.1) is 0 Å². The van der Waals surface area contributed by atoms with E-state index < -0.39 is 0 Å². The maximum Gasteiger partial charge on any atom is 0.266 e. The molecule has 1 aromatic heterocycles. The average molecular weight is 398 g/mol. The number of methoxy groups -OCH3 is 1. The van der Waals surface area contributed by atoms with Crippen LogP contribution in [0.4, 0.5) is 5.69 Å². The van der Waals surface area contributed by atoms with Gasteiger partial charge in [0, 0.05) is 41.4 Å². The van der Waals surface area contributed by atoms with Gasteiger partial charge in [-0.25, -0.2) is 4.68 Å². The van der Waals surface area contributed by atoms with E-state index in [0.29, 0.717) is 35.1 Å². The maximum atomic E-state index is 12.1. The third kappa shape index (κ3) is 5.20. The molecule has 0 saturated heterocycles. The van der Waals surface area contributed by atoms with Gasteiger partial charge in [0.25, 0.3) is 5.56 Å². The number of amides is 1. The lowest BCUT2D eigenvalue weighted by Gasteiger charge is -2.09. The quantitative estimate of drug-likeness (QED) is 0.654. The van der Waals surface area contributed by atoms with Gasteiger partial charge in [0.1, 0.15) is 5.75 Å². The van der Waals surface area contributed by atoms with E-state index in [1.165, 1.54) is 10.7 Å². The molecular formula is C21H20ClN3O3. The SMILES string of the molecule is COc1cccc(NC(=O)CCCn2nc(-c3ccc(Cl)cc3)ccc2=O)c1. The summed E-state index contributed by atoms with van der Waals surface area (Å²) < 4.78 is 6.52. The molecule has 6 nitrogen and oxygen atoms in total. The summed E-state index contributed by atoms with van der Waals surface area (Å²) in [6.07, 6.45) is 0.767. The Bertz CT molecular complexity index is 1020. The van der Waals surface area contributed by atoms with E-state index in [1.807, 2.05) is 12.1 Å². The summed E-state index contributed by atoms with van der Waals surface area (Å²) in [4.78, 5) is 24.2. The molecule has 28 heavy (non-hydrogen) atoms. The van der Waals surface area contributed by atoms with E-state index >= 15 is 0 Å². The molecule has 3 rings (SSSR count). The Labute approximate surface area is 167 Å². The Morgan fingerprint density at radius 2 is 1.93 bits per heavy atom. The molecule has 1 heterocycles. The Balaban J connectivity index is 1.59. The number of aromatic nitrogens is 2. The van der Waals surface area contributed by atoms with Crippen LogP contribution in [0.2, 0.25) is 5.02 Å². The summed E-state index contributed by atoms with van der Waals surface area (Å²) >= 11 is 5.91. The Morgan fingerprint density at radius 3 is 2.68 bits per heavy atom. The third-order valence-electron chi connectivity index (χ3n) is 4.13. The molecule has 1 amide bonds. The number of aryl methyl sites for hydroxylation is 1. The van der Waals surface area contributed by atoms with Gasteiger partial charge < -0.3 is 10.1 Å². The molecule has 144 valence electrons. The lowest BCUT2D eigenvalue weighted by Crippen LogP contribution is -2.23. The number of carbonyl (C=O) groups excluding carboxylic acids is 1. The van der Waals surface area contributed by atoms with Crippen LogP contribution >= 0.6 is 11.6 Å². The predicted octanol–water partition coefficient (Wildman–Crippen LogP) is 3.99. The van der Waals surface area contributed by atoms with Gasteiger partial charge in [-0.05, 0) is 36.8 Å². The van der Waals surface area contributed by atoms with Crippen molar-refractivity contribution in [1.82, 2.24) is 9.78 Å². The van der Waals surface area contributed by atoms with E-state index in [-0.39, 0.29) is 17.9 Å². The van der Waals surface area contributed by atoms with Crippen LogP contribution in [-0.4, -0.2) is 22.8 Å². The van der Waals surface area contributed by atoms with Crippen molar-refractivity contribution in [1.29, 1.82) is 0 Å². The highest BCUT2D eigenvalue weighted by atomic mass is 35.5. The first-order valence-corrected chi connectivity index (χ1v) is 9.21. The third-order valence-corrected chi connectivity index (χ3v) is 4.39. The number of halogens is 1. The normalized spacial score (nSPS) is 10.5. The Hall–Kier alpha value is -3.12. The maximum absolute atomic E-state index is 12.1. The van der Waals surface area contributed by atoms with Crippen molar-refractivity contribution in [3.05, 3.63) is 76.0 Å². The highest BCUT2D eigenvalue weighted by molar-refractivity contribution is 6.30. The molecule has 0 radical (unpaired) electrons. The van der Waals surface area contributed by atoms with Gasteiger partial charge in [0.15, 0.2) is 0 Å². The predicted molar refractivity (Wildman–Crippen MR) is 110 cm³/mol. The fraction of sp³-hybridized carbons (Fsp3) is 0.190. The zero-order valence-electron chi connectivity index (χ0n) is 15.4. The standard InChI is InChI=1S/C21H20ClN3O3/c1-28-18-5-2-4-17(14-18)23-20(26)6-3-13-25-21(27)12-11-19(24-25)15-7-9-16(22)10-8-15/h2,4-5,7-12,14H,3,6,13H2,1H3,(H,23,26). The molecule has 0 bridgehead atoms. The van der Waals surface area contributed by atoms with Crippen LogP contribution in [0.3, 0.4) is 0 Å². The second-order valence-electron chi connectivity index (χ2n) is 6.17. The summed E-state index contributed by atoms with van der Waals surface area (Å²) in [7, 11) is 1.57. The van der Waals surface area contributed by atoms with Crippen molar-refractivity contribution < 1.29 is 9.53 Å². The van der Waals surface area contributed by atoms with Crippen LogP contribution in [0.1, 0.15) is 12.8 Å². The fourth-order valence-electron chi connectivity index (χ4n) is 2.70. The van der Waals surface area contributed by atoms with E-state index in [1.54, 1.807) is 49.6 Å². The number of anilines is 1. The van der Waals surface area contributed by atoms with Crippen molar-refractivity contribution >= 4 is 23.2 Å². The van der Waals surface area contributed by atoms with E-state index in [2.05, 4.69) is 10.4 Å². The zero-order valence-corrected chi connectivity index (χ0v) is 16.1. The van der Waals surface area contributed by atoms with Crippen LogP contribution in [0.25, 0.3) is 11.3 Å². The van der Waals surface area contributed by atoms with Crippen LogP contribution in [-0.2, 0) is 11.3 Å². The van der Waals surface area contributed by atoms with Crippen LogP contribution in [0.5, 0.6) is 5.75 Å². The molecular weight excluding hydrogens is 378 g/mol. The number of benzene rings is 2. The minimum absolute atomic E-state index is 0.129. The molecule has 0 unspecified atom stereocenters. The van der Waals surface area contributed by atoms with Crippen LogP contribution in [0.15, 0.2) is 65.5 Å². The molecule has 0 spiro atoms. The largest absolute Gasteiger partial charge is 0.497 e. The minimum Gasteiger partial charge on any atom is -0.497 e. The van der Waals surface area contributed by atoms with E-state index in [9.17, 15) is 9.59 Å². The number of ether oxygens (including phenoxy) is 1. The van der Waals surface area contributed by atoms with Gasteiger partial charge in [-0.3, -0.25) is 9.59 Å². The molecule has 0 atom stereocenters. The topological polar surface area (TPSA) is 73.2 Å². The summed E-state index contributed by atoms with van der Waals surface area (Å²) in [5.74, 6) is 0.544. The van der Waals surface area contributed by atoms with Gasteiger partial charge in [-0.1, -0.05) is 29.8 Å². The molecule has 2 aromatic carbocycles. The number of hydrogen-bond acceptors (Lipinski definition) is 4. The molecule has 0 fully saturated rings.